The number of rotatable bonds is 4. The summed E-state index contributed by atoms with van der Waals surface area (Å²) in [6.07, 6.45) is -1.82. The van der Waals surface area contributed by atoms with E-state index in [4.69, 9.17) is 23.7 Å². The lowest BCUT2D eigenvalue weighted by Gasteiger charge is -2.44. The largest absolute Gasteiger partial charge is 0.497 e. The number of morpholine rings is 1. The van der Waals surface area contributed by atoms with Crippen molar-refractivity contribution in [2.75, 3.05) is 40.0 Å². The van der Waals surface area contributed by atoms with Crippen LogP contribution in [0, 0.1) is 0 Å². The van der Waals surface area contributed by atoms with Crippen molar-refractivity contribution in [3.05, 3.63) is 24.3 Å². The first kappa shape index (κ1) is 16.1. The number of ether oxygens (including phenoxy) is 5. The maximum atomic E-state index is 10.9. The minimum Gasteiger partial charge on any atom is -0.497 e. The van der Waals surface area contributed by atoms with Crippen molar-refractivity contribution in [2.45, 2.75) is 30.6 Å². The molecule has 0 unspecified atom stereocenters. The number of hydrogen-bond donors (Lipinski definition) is 1. The van der Waals surface area contributed by atoms with Gasteiger partial charge in [0, 0.05) is 13.1 Å². The molecule has 0 saturated carbocycles. The average molecular weight is 337 g/mol. The van der Waals surface area contributed by atoms with E-state index in [2.05, 4.69) is 4.90 Å². The van der Waals surface area contributed by atoms with Crippen molar-refractivity contribution in [3.63, 3.8) is 0 Å². The predicted octanol–water partition coefficient (Wildman–Crippen LogP) is 0.259. The highest BCUT2D eigenvalue weighted by atomic mass is 16.7. The SMILES string of the molecule is COc1ccc(O[C@H]2[C@H](O)[C@@H](N3CCOCC3)[C@@H]3OC[C@H]2O3)cc1. The third-order valence-corrected chi connectivity index (χ3v) is 4.86. The van der Waals surface area contributed by atoms with Gasteiger partial charge >= 0.3 is 0 Å². The molecule has 0 radical (unpaired) electrons. The number of nitrogens with zero attached hydrogens (tertiary/aromatic N) is 1. The van der Waals surface area contributed by atoms with Crippen LogP contribution in [-0.2, 0) is 14.2 Å². The zero-order valence-electron chi connectivity index (χ0n) is 13.7. The molecule has 3 fully saturated rings. The lowest BCUT2D eigenvalue weighted by molar-refractivity contribution is -0.211. The zero-order valence-corrected chi connectivity index (χ0v) is 13.7. The molecule has 3 heterocycles. The maximum Gasteiger partial charge on any atom is 0.176 e. The summed E-state index contributed by atoms with van der Waals surface area (Å²) in [5.74, 6) is 1.44. The van der Waals surface area contributed by atoms with Crippen LogP contribution in [0.4, 0.5) is 0 Å². The molecule has 1 aromatic rings. The fourth-order valence-electron chi connectivity index (χ4n) is 3.59. The number of fused-ring (bicyclic) bond motifs is 2. The second-order valence-corrected chi connectivity index (χ2v) is 6.26. The van der Waals surface area contributed by atoms with E-state index >= 15 is 0 Å². The molecule has 5 atom stereocenters. The summed E-state index contributed by atoms with van der Waals surface area (Å²) < 4.78 is 28.3. The van der Waals surface area contributed by atoms with Gasteiger partial charge in [0.05, 0.1) is 33.0 Å². The molecule has 7 heteroatoms. The van der Waals surface area contributed by atoms with Crippen LogP contribution < -0.4 is 9.47 Å². The van der Waals surface area contributed by atoms with Crippen LogP contribution in [0.2, 0.25) is 0 Å². The molecule has 3 aliphatic heterocycles. The Morgan fingerprint density at radius 1 is 1.12 bits per heavy atom. The number of benzene rings is 1. The number of aliphatic hydroxyl groups is 1. The summed E-state index contributed by atoms with van der Waals surface area (Å²) in [7, 11) is 1.62. The highest BCUT2D eigenvalue weighted by Gasteiger charge is 2.53. The third-order valence-electron chi connectivity index (χ3n) is 4.86. The van der Waals surface area contributed by atoms with Crippen LogP contribution in [0.5, 0.6) is 11.5 Å². The van der Waals surface area contributed by atoms with Gasteiger partial charge in [-0.2, -0.15) is 0 Å². The van der Waals surface area contributed by atoms with Crippen molar-refractivity contribution < 1.29 is 28.8 Å². The fraction of sp³-hybridized carbons (Fsp3) is 0.647. The fourth-order valence-corrected chi connectivity index (χ4v) is 3.59. The van der Waals surface area contributed by atoms with Crippen LogP contribution in [-0.4, -0.2) is 80.7 Å². The third kappa shape index (κ3) is 2.98. The van der Waals surface area contributed by atoms with Gasteiger partial charge in [0.15, 0.2) is 12.4 Å². The van der Waals surface area contributed by atoms with E-state index in [-0.39, 0.29) is 12.1 Å². The standard InChI is InChI=1S/C17H23NO6/c1-20-11-2-4-12(5-3-11)23-16-13-10-22-17(24-13)14(15(16)19)18-6-8-21-9-7-18/h2-5,13-17,19H,6-10H2,1H3/t13-,14-,15-,16-,17-/m1/s1. The highest BCUT2D eigenvalue weighted by molar-refractivity contribution is 5.31. The summed E-state index contributed by atoms with van der Waals surface area (Å²) in [4.78, 5) is 2.17. The van der Waals surface area contributed by atoms with E-state index < -0.39 is 18.5 Å². The van der Waals surface area contributed by atoms with E-state index in [1.165, 1.54) is 0 Å². The van der Waals surface area contributed by atoms with Crippen LogP contribution in [0.25, 0.3) is 0 Å². The first-order valence-corrected chi connectivity index (χ1v) is 8.34. The molecule has 0 amide bonds. The second-order valence-electron chi connectivity index (χ2n) is 6.26. The molecule has 4 rings (SSSR count). The van der Waals surface area contributed by atoms with Crippen molar-refractivity contribution in [3.8, 4) is 11.5 Å². The van der Waals surface area contributed by atoms with Gasteiger partial charge in [-0.25, -0.2) is 0 Å². The Morgan fingerprint density at radius 2 is 1.83 bits per heavy atom. The van der Waals surface area contributed by atoms with E-state index in [0.717, 1.165) is 18.8 Å². The van der Waals surface area contributed by atoms with E-state index in [9.17, 15) is 5.11 Å². The summed E-state index contributed by atoms with van der Waals surface area (Å²) in [6.45, 7) is 3.26. The Labute approximate surface area is 141 Å². The van der Waals surface area contributed by atoms with Gasteiger partial charge in [0.1, 0.15) is 23.7 Å². The van der Waals surface area contributed by atoms with Gasteiger partial charge in [-0.05, 0) is 24.3 Å². The molecule has 24 heavy (non-hydrogen) atoms. The molecule has 1 N–H and O–H groups in total. The number of aliphatic hydroxyl groups excluding tert-OH is 1. The van der Waals surface area contributed by atoms with E-state index in [1.807, 2.05) is 24.3 Å². The van der Waals surface area contributed by atoms with Crippen LogP contribution in [0.3, 0.4) is 0 Å². The molecule has 132 valence electrons. The maximum absolute atomic E-state index is 10.9. The summed E-state index contributed by atoms with van der Waals surface area (Å²) in [5.41, 5.74) is 0. The molecule has 7 nitrogen and oxygen atoms in total. The molecule has 0 aromatic heterocycles. The topological polar surface area (TPSA) is 69.6 Å². The van der Waals surface area contributed by atoms with Gasteiger partial charge in [0.2, 0.25) is 0 Å². The normalized spacial score (nSPS) is 36.5. The van der Waals surface area contributed by atoms with Gasteiger partial charge in [-0.1, -0.05) is 0 Å². The predicted molar refractivity (Wildman–Crippen MR) is 84.2 cm³/mol. The summed E-state index contributed by atoms with van der Waals surface area (Å²) >= 11 is 0. The molecular formula is C17H23NO6. The number of methoxy groups -OCH3 is 1. The Morgan fingerprint density at radius 3 is 2.54 bits per heavy atom. The Kier molecular flexibility index (Phi) is 4.60. The first-order chi connectivity index (χ1) is 11.8. The molecule has 3 aliphatic rings. The smallest absolute Gasteiger partial charge is 0.176 e. The van der Waals surface area contributed by atoms with Gasteiger partial charge < -0.3 is 28.8 Å². The quantitative estimate of drug-likeness (QED) is 0.845. The van der Waals surface area contributed by atoms with Crippen molar-refractivity contribution in [2.24, 2.45) is 0 Å². The molecule has 0 spiro atoms. The molecule has 2 bridgehead atoms. The molecule has 1 aromatic carbocycles. The lowest BCUT2D eigenvalue weighted by Crippen LogP contribution is -2.63. The summed E-state index contributed by atoms with van der Waals surface area (Å²) in [6, 6.07) is 7.09. The minimum absolute atomic E-state index is 0.240. The minimum atomic E-state index is -0.684. The first-order valence-electron chi connectivity index (χ1n) is 8.34. The zero-order chi connectivity index (χ0) is 16.5. The molecule has 3 saturated heterocycles. The Hall–Kier alpha value is -1.38. The van der Waals surface area contributed by atoms with E-state index in [0.29, 0.717) is 25.6 Å². The highest BCUT2D eigenvalue weighted by Crippen LogP contribution is 2.34. The van der Waals surface area contributed by atoms with Crippen LogP contribution in [0.1, 0.15) is 0 Å². The van der Waals surface area contributed by atoms with Crippen molar-refractivity contribution in [1.29, 1.82) is 0 Å². The second kappa shape index (κ2) is 6.85. The van der Waals surface area contributed by atoms with Gasteiger partial charge in [-0.3, -0.25) is 4.90 Å². The van der Waals surface area contributed by atoms with Gasteiger partial charge in [-0.15, -0.1) is 0 Å². The van der Waals surface area contributed by atoms with Crippen LogP contribution in [0.15, 0.2) is 24.3 Å². The van der Waals surface area contributed by atoms with Crippen LogP contribution >= 0.6 is 0 Å². The Bertz CT molecular complexity index is 547. The van der Waals surface area contributed by atoms with Gasteiger partial charge in [0.25, 0.3) is 0 Å². The average Bonchev–Trinajstić information content (AvgIpc) is 3.05. The van der Waals surface area contributed by atoms with Crippen molar-refractivity contribution >= 4 is 0 Å². The molecule has 0 aliphatic carbocycles. The Balaban J connectivity index is 1.50. The monoisotopic (exact) mass is 337 g/mol. The lowest BCUT2D eigenvalue weighted by atomic mass is 9.97. The number of hydrogen-bond acceptors (Lipinski definition) is 7. The molecular weight excluding hydrogens is 314 g/mol. The van der Waals surface area contributed by atoms with E-state index in [1.54, 1.807) is 7.11 Å². The summed E-state index contributed by atoms with van der Waals surface area (Å²) in [5, 5.41) is 10.9. The van der Waals surface area contributed by atoms with Crippen molar-refractivity contribution in [1.82, 2.24) is 4.90 Å².